The molecule has 0 radical (unpaired) electrons. The lowest BCUT2D eigenvalue weighted by Crippen LogP contribution is -2.03. The number of nitrogens with two attached hydrogens (primary N) is 1. The third kappa shape index (κ3) is 3.37. The Hall–Kier alpha value is -2.61. The van der Waals surface area contributed by atoms with Gasteiger partial charge in [-0.3, -0.25) is 9.78 Å². The second kappa shape index (κ2) is 7.33. The summed E-state index contributed by atoms with van der Waals surface area (Å²) in [4.78, 5) is 18.8. The molecule has 1 fully saturated rings. The second-order valence-electron chi connectivity index (χ2n) is 6.46. The van der Waals surface area contributed by atoms with Gasteiger partial charge in [-0.2, -0.15) is 0 Å². The van der Waals surface area contributed by atoms with Crippen molar-refractivity contribution >= 4 is 34.5 Å². The topological polar surface area (TPSA) is 95.1 Å². The van der Waals surface area contributed by atoms with Crippen LogP contribution >= 0.6 is 11.3 Å². The molecule has 26 heavy (non-hydrogen) atoms. The molecular weight excluding hydrogens is 350 g/mol. The summed E-state index contributed by atoms with van der Waals surface area (Å²) in [5.41, 5.74) is 9.26. The number of nitrogens with zero attached hydrogens (tertiary/aromatic N) is 3. The van der Waals surface area contributed by atoms with E-state index in [-0.39, 0.29) is 6.41 Å². The van der Waals surface area contributed by atoms with Crippen LogP contribution in [-0.4, -0.2) is 34.1 Å². The van der Waals surface area contributed by atoms with Crippen LogP contribution in [0.2, 0.25) is 0 Å². The SMILES string of the molecule is NC=O.c1ncc(-c2nc3cc(NCC4CC4)cc4c3n2CCCO4)s1. The third-order valence-electron chi connectivity index (χ3n) is 4.53. The molecule has 0 bridgehead atoms. The maximum Gasteiger partial charge on any atom is 0.204 e. The molecule has 3 N–H and O–H groups in total. The number of hydrogen-bond acceptors (Lipinski definition) is 6. The molecule has 136 valence electrons. The van der Waals surface area contributed by atoms with Gasteiger partial charge < -0.3 is 20.4 Å². The zero-order chi connectivity index (χ0) is 17.9. The van der Waals surface area contributed by atoms with E-state index in [0.717, 1.165) is 65.2 Å². The maximum absolute atomic E-state index is 8.58. The molecule has 1 amide bonds. The molecular formula is C18H21N5O2S. The zero-order valence-electron chi connectivity index (χ0n) is 14.4. The summed E-state index contributed by atoms with van der Waals surface area (Å²) in [6, 6.07) is 4.28. The first-order chi connectivity index (χ1) is 12.8. The number of carbonyl (C=O) groups excluding carboxylic acids is 1. The summed E-state index contributed by atoms with van der Waals surface area (Å²) in [6.07, 6.45) is 5.84. The molecule has 7 nitrogen and oxygen atoms in total. The molecule has 1 aliphatic heterocycles. The highest BCUT2D eigenvalue weighted by Gasteiger charge is 2.23. The number of ether oxygens (including phenoxy) is 1. The van der Waals surface area contributed by atoms with Gasteiger partial charge in [-0.1, -0.05) is 0 Å². The zero-order valence-corrected chi connectivity index (χ0v) is 15.2. The Labute approximate surface area is 155 Å². The third-order valence-corrected chi connectivity index (χ3v) is 5.30. The van der Waals surface area contributed by atoms with Crippen LogP contribution in [0.25, 0.3) is 21.7 Å². The molecule has 3 aromatic rings. The quantitative estimate of drug-likeness (QED) is 0.688. The van der Waals surface area contributed by atoms with Crippen LogP contribution in [0.1, 0.15) is 19.3 Å². The number of rotatable bonds is 4. The molecule has 0 saturated heterocycles. The van der Waals surface area contributed by atoms with Gasteiger partial charge in [0.2, 0.25) is 6.41 Å². The van der Waals surface area contributed by atoms with E-state index in [0.29, 0.717) is 0 Å². The predicted molar refractivity (Wildman–Crippen MR) is 102 cm³/mol. The van der Waals surface area contributed by atoms with Gasteiger partial charge in [-0.05, 0) is 31.2 Å². The summed E-state index contributed by atoms with van der Waals surface area (Å²) >= 11 is 1.63. The van der Waals surface area contributed by atoms with Gasteiger partial charge in [0.1, 0.15) is 11.3 Å². The van der Waals surface area contributed by atoms with Gasteiger partial charge in [0.05, 0.1) is 22.5 Å². The Bertz CT molecular complexity index is 902. The van der Waals surface area contributed by atoms with E-state index < -0.39 is 0 Å². The van der Waals surface area contributed by atoms with Crippen molar-refractivity contribution < 1.29 is 9.53 Å². The molecule has 2 aliphatic rings. The predicted octanol–water partition coefficient (Wildman–Crippen LogP) is 2.87. The van der Waals surface area contributed by atoms with Gasteiger partial charge >= 0.3 is 0 Å². The number of aryl methyl sites for hydroxylation is 1. The van der Waals surface area contributed by atoms with E-state index in [4.69, 9.17) is 14.5 Å². The Morgan fingerprint density at radius 1 is 1.42 bits per heavy atom. The van der Waals surface area contributed by atoms with Crippen LogP contribution in [0.3, 0.4) is 0 Å². The molecule has 5 rings (SSSR count). The number of imidazole rings is 1. The normalized spacial score (nSPS) is 15.5. The highest BCUT2D eigenvalue weighted by Crippen LogP contribution is 2.37. The summed E-state index contributed by atoms with van der Waals surface area (Å²) < 4.78 is 8.29. The Kier molecular flexibility index (Phi) is 4.75. The van der Waals surface area contributed by atoms with E-state index in [1.165, 1.54) is 12.8 Å². The van der Waals surface area contributed by atoms with Crippen LogP contribution in [0.15, 0.2) is 23.8 Å². The molecule has 0 atom stereocenters. The van der Waals surface area contributed by atoms with E-state index in [9.17, 15) is 0 Å². The van der Waals surface area contributed by atoms with Gasteiger partial charge in [0.15, 0.2) is 5.82 Å². The number of carbonyl (C=O) groups is 1. The van der Waals surface area contributed by atoms with Crippen molar-refractivity contribution in [3.8, 4) is 16.5 Å². The van der Waals surface area contributed by atoms with Crippen LogP contribution < -0.4 is 15.8 Å². The van der Waals surface area contributed by atoms with Gasteiger partial charge in [-0.15, -0.1) is 11.3 Å². The molecule has 3 heterocycles. The first-order valence-corrected chi connectivity index (χ1v) is 9.63. The van der Waals surface area contributed by atoms with Crippen molar-refractivity contribution in [1.29, 1.82) is 0 Å². The average Bonchev–Trinajstić information content (AvgIpc) is 3.24. The fourth-order valence-electron chi connectivity index (χ4n) is 3.16. The number of amides is 1. The highest BCUT2D eigenvalue weighted by atomic mass is 32.1. The van der Waals surface area contributed by atoms with Gasteiger partial charge in [0, 0.05) is 31.0 Å². The lowest BCUT2D eigenvalue weighted by atomic mass is 10.2. The minimum absolute atomic E-state index is 0.250. The molecule has 1 aromatic carbocycles. The summed E-state index contributed by atoms with van der Waals surface area (Å²) in [5.74, 6) is 2.80. The lowest BCUT2D eigenvalue weighted by Gasteiger charge is -2.09. The number of hydrogen-bond donors (Lipinski definition) is 2. The molecule has 2 aromatic heterocycles. The number of primary amides is 1. The number of anilines is 1. The van der Waals surface area contributed by atoms with Crippen LogP contribution in [0, 0.1) is 5.92 Å². The van der Waals surface area contributed by atoms with Crippen molar-refractivity contribution in [1.82, 2.24) is 14.5 Å². The number of thiazole rings is 1. The number of benzene rings is 1. The number of nitrogens with one attached hydrogen (secondary N) is 1. The van der Waals surface area contributed by atoms with E-state index in [1.54, 1.807) is 11.3 Å². The van der Waals surface area contributed by atoms with Crippen LogP contribution in [0.4, 0.5) is 5.69 Å². The molecule has 8 heteroatoms. The summed E-state index contributed by atoms with van der Waals surface area (Å²) in [5, 5.41) is 3.54. The molecule has 1 saturated carbocycles. The van der Waals surface area contributed by atoms with Crippen LogP contribution in [0.5, 0.6) is 5.75 Å². The molecule has 1 aliphatic carbocycles. The first kappa shape index (κ1) is 16.8. The number of aromatic nitrogens is 3. The highest BCUT2D eigenvalue weighted by molar-refractivity contribution is 7.13. The monoisotopic (exact) mass is 371 g/mol. The smallest absolute Gasteiger partial charge is 0.204 e. The van der Waals surface area contributed by atoms with Crippen molar-refractivity contribution in [2.75, 3.05) is 18.5 Å². The standard InChI is InChI=1S/C17H18N4OS.CH3NO/c1-4-21-16-13(20-17(21)15-9-18-10-23-15)6-12(7-14(16)22-5-1)19-8-11-2-3-11;2-1-3/h6-7,9-11,19H,1-5,8H2;1H,(H2,2,3). The van der Waals surface area contributed by atoms with Crippen molar-refractivity contribution in [2.45, 2.75) is 25.8 Å². The van der Waals surface area contributed by atoms with Crippen molar-refractivity contribution in [3.63, 3.8) is 0 Å². The van der Waals surface area contributed by atoms with E-state index in [1.807, 2.05) is 11.7 Å². The van der Waals surface area contributed by atoms with Gasteiger partial charge in [-0.25, -0.2) is 4.98 Å². The Morgan fingerprint density at radius 2 is 2.27 bits per heavy atom. The average molecular weight is 371 g/mol. The first-order valence-electron chi connectivity index (χ1n) is 8.75. The van der Waals surface area contributed by atoms with Crippen LogP contribution in [-0.2, 0) is 11.3 Å². The van der Waals surface area contributed by atoms with Crippen molar-refractivity contribution in [2.24, 2.45) is 11.7 Å². The Balaban J connectivity index is 0.000000527. The maximum atomic E-state index is 8.58. The minimum Gasteiger partial charge on any atom is -0.491 e. The Morgan fingerprint density at radius 3 is 3.00 bits per heavy atom. The van der Waals surface area contributed by atoms with Crippen molar-refractivity contribution in [3.05, 3.63) is 23.8 Å². The fraction of sp³-hybridized carbons (Fsp3) is 0.389. The van der Waals surface area contributed by atoms with E-state index in [2.05, 4.69) is 32.7 Å². The fourth-order valence-corrected chi connectivity index (χ4v) is 3.78. The summed E-state index contributed by atoms with van der Waals surface area (Å²) in [7, 11) is 0. The summed E-state index contributed by atoms with van der Waals surface area (Å²) in [6.45, 7) is 2.74. The lowest BCUT2D eigenvalue weighted by molar-refractivity contribution is -0.106. The molecule has 0 spiro atoms. The minimum atomic E-state index is 0.250. The molecule has 0 unspecified atom stereocenters. The van der Waals surface area contributed by atoms with Gasteiger partial charge in [0.25, 0.3) is 0 Å². The largest absolute Gasteiger partial charge is 0.491 e. The van der Waals surface area contributed by atoms with E-state index >= 15 is 0 Å². The second-order valence-corrected chi connectivity index (χ2v) is 7.34.